The molecule has 0 aliphatic rings. The summed E-state index contributed by atoms with van der Waals surface area (Å²) >= 11 is 0. The number of hydrogen-bond donors (Lipinski definition) is 1. The molecule has 2 nitrogen and oxygen atoms in total. The Morgan fingerprint density at radius 2 is 1.89 bits per heavy atom. The first-order valence-electron chi connectivity index (χ1n) is 6.13. The summed E-state index contributed by atoms with van der Waals surface area (Å²) in [5.41, 5.74) is 7.66. The molecule has 2 N–H and O–H groups in total. The van der Waals surface area contributed by atoms with Crippen molar-refractivity contribution < 1.29 is 13.2 Å². The summed E-state index contributed by atoms with van der Waals surface area (Å²) in [6.45, 7) is 0. The van der Waals surface area contributed by atoms with Gasteiger partial charge in [0.2, 0.25) is 0 Å². The van der Waals surface area contributed by atoms with E-state index in [1.807, 2.05) is 24.3 Å². The Balaban J connectivity index is 2.11. The second-order valence-electron chi connectivity index (χ2n) is 4.53. The molecule has 0 amide bonds. The summed E-state index contributed by atoms with van der Waals surface area (Å²) in [4.78, 5) is 4.21. The summed E-state index contributed by atoms with van der Waals surface area (Å²) in [5.74, 6) is 0. The van der Waals surface area contributed by atoms with Gasteiger partial charge in [-0.1, -0.05) is 18.2 Å². The second kappa shape index (κ2) is 5.57. The zero-order valence-corrected chi connectivity index (χ0v) is 10.3. The largest absolute Gasteiger partial charge is 0.389 e. The van der Waals surface area contributed by atoms with E-state index in [0.29, 0.717) is 6.42 Å². The quantitative estimate of drug-likeness (QED) is 0.911. The third kappa shape index (κ3) is 3.67. The first kappa shape index (κ1) is 13.8. The molecule has 1 unspecified atom stereocenters. The SMILES string of the molecule is NC(CCCC(F)(F)F)c1ccnc2ccccc12. The molecule has 1 aromatic carbocycles. The molecule has 0 bridgehead atoms. The van der Waals surface area contributed by atoms with Gasteiger partial charge in [-0.25, -0.2) is 0 Å². The molecule has 1 aromatic heterocycles. The summed E-state index contributed by atoms with van der Waals surface area (Å²) in [6.07, 6.45) is -2.90. The maximum Gasteiger partial charge on any atom is 0.389 e. The number of hydrogen-bond acceptors (Lipinski definition) is 2. The van der Waals surface area contributed by atoms with E-state index in [1.165, 1.54) is 0 Å². The average Bonchev–Trinajstić information content (AvgIpc) is 2.36. The standard InChI is InChI=1S/C14H15F3N2/c15-14(16,17)8-3-5-12(18)10-7-9-19-13-6-2-1-4-11(10)13/h1-2,4,6-7,9,12H,3,5,8,18H2. The summed E-state index contributed by atoms with van der Waals surface area (Å²) in [5, 5.41) is 0.907. The number of benzene rings is 1. The highest BCUT2D eigenvalue weighted by Crippen LogP contribution is 2.27. The summed E-state index contributed by atoms with van der Waals surface area (Å²) < 4.78 is 36.3. The van der Waals surface area contributed by atoms with Crippen LogP contribution in [0, 0.1) is 0 Å². The zero-order chi connectivity index (χ0) is 13.9. The predicted octanol–water partition coefficient (Wildman–Crippen LogP) is 3.97. The Hall–Kier alpha value is -1.62. The van der Waals surface area contributed by atoms with E-state index >= 15 is 0 Å². The lowest BCUT2D eigenvalue weighted by Crippen LogP contribution is -2.13. The number of alkyl halides is 3. The van der Waals surface area contributed by atoms with Gasteiger partial charge in [0.25, 0.3) is 0 Å². The molecular formula is C14H15F3N2. The molecule has 0 radical (unpaired) electrons. The van der Waals surface area contributed by atoms with Crippen LogP contribution in [-0.4, -0.2) is 11.2 Å². The Kier molecular flexibility index (Phi) is 4.04. The number of halogens is 3. The van der Waals surface area contributed by atoms with Crippen LogP contribution in [0.5, 0.6) is 0 Å². The molecule has 0 saturated carbocycles. The molecule has 1 heterocycles. The molecule has 102 valence electrons. The molecule has 19 heavy (non-hydrogen) atoms. The van der Waals surface area contributed by atoms with Crippen molar-refractivity contribution in [2.45, 2.75) is 31.5 Å². The van der Waals surface area contributed by atoms with Crippen LogP contribution in [0.1, 0.15) is 30.9 Å². The second-order valence-corrected chi connectivity index (χ2v) is 4.53. The highest BCUT2D eigenvalue weighted by molar-refractivity contribution is 5.82. The van der Waals surface area contributed by atoms with E-state index in [-0.39, 0.29) is 6.42 Å². The fourth-order valence-electron chi connectivity index (χ4n) is 2.12. The average molecular weight is 268 g/mol. The van der Waals surface area contributed by atoms with E-state index < -0.39 is 18.6 Å². The monoisotopic (exact) mass is 268 g/mol. The highest BCUT2D eigenvalue weighted by atomic mass is 19.4. The number of para-hydroxylation sites is 1. The van der Waals surface area contributed by atoms with E-state index in [4.69, 9.17) is 5.73 Å². The molecule has 0 saturated heterocycles. The van der Waals surface area contributed by atoms with E-state index in [2.05, 4.69) is 4.98 Å². The van der Waals surface area contributed by atoms with Crippen LogP contribution < -0.4 is 5.73 Å². The van der Waals surface area contributed by atoms with E-state index in [1.54, 1.807) is 12.3 Å². The van der Waals surface area contributed by atoms with Crippen molar-refractivity contribution in [1.29, 1.82) is 0 Å². The van der Waals surface area contributed by atoms with Crippen molar-refractivity contribution in [3.8, 4) is 0 Å². The molecule has 1 atom stereocenters. The first-order valence-corrected chi connectivity index (χ1v) is 6.13. The van der Waals surface area contributed by atoms with Gasteiger partial charge in [-0.2, -0.15) is 13.2 Å². The van der Waals surface area contributed by atoms with Crippen molar-refractivity contribution in [2.75, 3.05) is 0 Å². The highest BCUT2D eigenvalue weighted by Gasteiger charge is 2.26. The van der Waals surface area contributed by atoms with Crippen molar-refractivity contribution in [3.63, 3.8) is 0 Å². The molecule has 2 rings (SSSR count). The number of nitrogens with two attached hydrogens (primary N) is 1. The van der Waals surface area contributed by atoms with Crippen molar-refractivity contribution in [1.82, 2.24) is 4.98 Å². The van der Waals surface area contributed by atoms with Gasteiger partial charge < -0.3 is 5.73 Å². The maximum absolute atomic E-state index is 12.1. The minimum absolute atomic E-state index is 0.0430. The number of fused-ring (bicyclic) bond motifs is 1. The minimum Gasteiger partial charge on any atom is -0.324 e. The number of pyridine rings is 1. The van der Waals surface area contributed by atoms with Crippen LogP contribution in [0.25, 0.3) is 10.9 Å². The zero-order valence-electron chi connectivity index (χ0n) is 10.3. The lowest BCUT2D eigenvalue weighted by Gasteiger charge is -2.15. The Morgan fingerprint density at radius 3 is 2.63 bits per heavy atom. The molecule has 0 fully saturated rings. The van der Waals surface area contributed by atoms with E-state index in [0.717, 1.165) is 16.5 Å². The van der Waals surface area contributed by atoms with Gasteiger partial charge in [0.05, 0.1) is 5.52 Å². The van der Waals surface area contributed by atoms with Gasteiger partial charge in [-0.15, -0.1) is 0 Å². The lowest BCUT2D eigenvalue weighted by atomic mass is 9.98. The normalized spacial score (nSPS) is 13.7. The van der Waals surface area contributed by atoms with Crippen molar-refractivity contribution in [2.24, 2.45) is 5.73 Å². The van der Waals surface area contributed by atoms with Crippen molar-refractivity contribution in [3.05, 3.63) is 42.1 Å². The topological polar surface area (TPSA) is 38.9 Å². The van der Waals surface area contributed by atoms with Crippen LogP contribution in [-0.2, 0) is 0 Å². The molecular weight excluding hydrogens is 253 g/mol. The van der Waals surface area contributed by atoms with E-state index in [9.17, 15) is 13.2 Å². The summed E-state index contributed by atoms with van der Waals surface area (Å²) in [7, 11) is 0. The lowest BCUT2D eigenvalue weighted by molar-refractivity contribution is -0.135. The first-order chi connectivity index (χ1) is 8.97. The third-order valence-electron chi connectivity index (χ3n) is 3.06. The summed E-state index contributed by atoms with van der Waals surface area (Å²) in [6, 6.07) is 8.88. The van der Waals surface area contributed by atoms with Gasteiger partial charge in [-0.05, 0) is 30.5 Å². The Morgan fingerprint density at radius 1 is 1.16 bits per heavy atom. The Labute approximate surface area is 109 Å². The van der Waals surface area contributed by atoms with Gasteiger partial charge in [-0.3, -0.25) is 4.98 Å². The predicted molar refractivity (Wildman–Crippen MR) is 68.6 cm³/mol. The Bertz CT molecular complexity index is 546. The van der Waals surface area contributed by atoms with Crippen LogP contribution in [0.3, 0.4) is 0 Å². The molecule has 0 spiro atoms. The number of rotatable bonds is 4. The molecule has 0 aliphatic carbocycles. The fourth-order valence-corrected chi connectivity index (χ4v) is 2.12. The molecule has 5 heteroatoms. The van der Waals surface area contributed by atoms with Crippen molar-refractivity contribution >= 4 is 10.9 Å². The van der Waals surface area contributed by atoms with Gasteiger partial charge in [0.1, 0.15) is 0 Å². The molecule has 0 aliphatic heterocycles. The number of nitrogens with zero attached hydrogens (tertiary/aromatic N) is 1. The van der Waals surface area contributed by atoms with Gasteiger partial charge >= 0.3 is 6.18 Å². The third-order valence-corrected chi connectivity index (χ3v) is 3.06. The smallest absolute Gasteiger partial charge is 0.324 e. The van der Waals surface area contributed by atoms with Crippen LogP contribution in [0.15, 0.2) is 36.5 Å². The van der Waals surface area contributed by atoms with Crippen LogP contribution in [0.2, 0.25) is 0 Å². The van der Waals surface area contributed by atoms with Crippen LogP contribution in [0.4, 0.5) is 13.2 Å². The number of aromatic nitrogens is 1. The minimum atomic E-state index is -4.11. The maximum atomic E-state index is 12.1. The van der Waals surface area contributed by atoms with Crippen LogP contribution >= 0.6 is 0 Å². The fraction of sp³-hybridized carbons (Fsp3) is 0.357. The van der Waals surface area contributed by atoms with Gasteiger partial charge in [0.15, 0.2) is 0 Å². The van der Waals surface area contributed by atoms with Gasteiger partial charge in [0, 0.05) is 24.0 Å². The molecule has 2 aromatic rings.